The van der Waals surface area contributed by atoms with Crippen LogP contribution < -0.4 is 0 Å². The molecule has 3 aliphatic rings. The summed E-state index contributed by atoms with van der Waals surface area (Å²) in [6, 6.07) is 3.47. The minimum absolute atomic E-state index is 0.0216. The second-order valence-corrected chi connectivity index (χ2v) is 6.50. The van der Waals surface area contributed by atoms with E-state index in [1.807, 2.05) is 9.80 Å². The van der Waals surface area contributed by atoms with E-state index in [1.165, 1.54) is 12.8 Å². The van der Waals surface area contributed by atoms with E-state index < -0.39 is 0 Å². The van der Waals surface area contributed by atoms with Crippen LogP contribution in [0.25, 0.3) is 0 Å². The molecule has 0 bridgehead atoms. The average molecular weight is 285 g/mol. The molecule has 5 nitrogen and oxygen atoms in total. The van der Waals surface area contributed by atoms with Crippen LogP contribution in [-0.4, -0.2) is 52.8 Å². The fourth-order valence-electron chi connectivity index (χ4n) is 3.56. The molecule has 1 saturated carbocycles. The highest BCUT2D eigenvalue weighted by Gasteiger charge is 2.48. The second-order valence-electron chi connectivity index (χ2n) is 6.50. The number of fused-ring (bicyclic) bond motifs is 1. The van der Waals surface area contributed by atoms with Crippen LogP contribution in [0, 0.1) is 17.8 Å². The molecule has 1 aromatic rings. The van der Waals surface area contributed by atoms with Crippen molar-refractivity contribution >= 4 is 11.8 Å². The predicted molar refractivity (Wildman–Crippen MR) is 76.4 cm³/mol. The van der Waals surface area contributed by atoms with Crippen LogP contribution in [0.15, 0.2) is 24.5 Å². The Kier molecular flexibility index (Phi) is 2.94. The van der Waals surface area contributed by atoms with Gasteiger partial charge in [-0.05, 0) is 30.9 Å². The van der Waals surface area contributed by atoms with E-state index in [0.29, 0.717) is 24.6 Å². The maximum absolute atomic E-state index is 12.4. The molecule has 21 heavy (non-hydrogen) atoms. The maximum atomic E-state index is 12.4. The smallest absolute Gasteiger partial charge is 0.253 e. The van der Waals surface area contributed by atoms with Gasteiger partial charge in [0.1, 0.15) is 0 Å². The first-order valence-corrected chi connectivity index (χ1v) is 7.70. The number of carbonyl (C=O) groups excluding carboxylic acids is 2. The van der Waals surface area contributed by atoms with Gasteiger partial charge in [-0.1, -0.05) is 0 Å². The highest BCUT2D eigenvalue weighted by Crippen LogP contribution is 2.36. The molecule has 4 rings (SSSR count). The zero-order valence-electron chi connectivity index (χ0n) is 11.9. The van der Waals surface area contributed by atoms with Crippen LogP contribution in [0.1, 0.15) is 23.2 Å². The summed E-state index contributed by atoms with van der Waals surface area (Å²) in [5.74, 6) is 1.36. The fourth-order valence-corrected chi connectivity index (χ4v) is 3.56. The number of rotatable bonds is 3. The quantitative estimate of drug-likeness (QED) is 0.833. The molecule has 0 radical (unpaired) electrons. The Balaban J connectivity index is 1.42. The third-order valence-electron chi connectivity index (χ3n) is 4.91. The Labute approximate surface area is 123 Å². The second kappa shape index (κ2) is 4.83. The van der Waals surface area contributed by atoms with Crippen molar-refractivity contribution in [1.29, 1.82) is 0 Å². The van der Waals surface area contributed by atoms with Crippen molar-refractivity contribution < 1.29 is 9.59 Å². The summed E-state index contributed by atoms with van der Waals surface area (Å²) >= 11 is 0. The van der Waals surface area contributed by atoms with Gasteiger partial charge in [0.2, 0.25) is 5.91 Å². The normalized spacial score (nSPS) is 28.1. The van der Waals surface area contributed by atoms with E-state index in [0.717, 1.165) is 19.0 Å². The van der Waals surface area contributed by atoms with Gasteiger partial charge in [-0.3, -0.25) is 14.6 Å². The number of hydrogen-bond acceptors (Lipinski definition) is 3. The van der Waals surface area contributed by atoms with Gasteiger partial charge in [-0.2, -0.15) is 0 Å². The van der Waals surface area contributed by atoms with Crippen molar-refractivity contribution in [3.05, 3.63) is 30.1 Å². The predicted octanol–water partition coefficient (Wildman–Crippen LogP) is 1.02. The van der Waals surface area contributed by atoms with Gasteiger partial charge < -0.3 is 9.80 Å². The number of amides is 2. The third-order valence-corrected chi connectivity index (χ3v) is 4.91. The topological polar surface area (TPSA) is 53.5 Å². The molecule has 1 aliphatic carbocycles. The molecule has 3 heterocycles. The molecule has 2 atom stereocenters. The standard InChI is InChI=1S/C16H19N3O2/c20-15(12-3-5-17-6-4-12)19-9-13-8-18(7-11-1-2-11)16(21)14(13)10-19/h3-6,11,13-14H,1-2,7-10H2/t13-,14+/m0/s1. The highest BCUT2D eigenvalue weighted by atomic mass is 16.2. The lowest BCUT2D eigenvalue weighted by Crippen LogP contribution is -2.36. The highest BCUT2D eigenvalue weighted by molar-refractivity contribution is 5.95. The average Bonchev–Trinajstić information content (AvgIpc) is 3.16. The SMILES string of the molecule is O=C(c1ccncc1)N1C[C@@H]2CN(CC3CC3)C(=O)[C@@H]2C1. The first-order chi connectivity index (χ1) is 10.2. The van der Waals surface area contributed by atoms with E-state index in [1.54, 1.807) is 24.5 Å². The van der Waals surface area contributed by atoms with Crippen LogP contribution in [0.3, 0.4) is 0 Å². The Morgan fingerprint density at radius 2 is 1.95 bits per heavy atom. The molecule has 2 aliphatic heterocycles. The molecular weight excluding hydrogens is 266 g/mol. The summed E-state index contributed by atoms with van der Waals surface area (Å²) in [6.45, 7) is 3.05. The van der Waals surface area contributed by atoms with Gasteiger partial charge in [0.25, 0.3) is 5.91 Å². The monoisotopic (exact) mass is 285 g/mol. The van der Waals surface area contributed by atoms with Crippen LogP contribution in [-0.2, 0) is 4.79 Å². The maximum Gasteiger partial charge on any atom is 0.253 e. The first kappa shape index (κ1) is 12.8. The largest absolute Gasteiger partial charge is 0.342 e. The van der Waals surface area contributed by atoms with Crippen LogP contribution in [0.4, 0.5) is 0 Å². The van der Waals surface area contributed by atoms with E-state index in [4.69, 9.17) is 0 Å². The van der Waals surface area contributed by atoms with E-state index in [-0.39, 0.29) is 17.7 Å². The Hall–Kier alpha value is -1.91. The Bertz CT molecular complexity index is 570. The summed E-state index contributed by atoms with van der Waals surface area (Å²) in [6.07, 6.45) is 5.80. The lowest BCUT2D eigenvalue weighted by molar-refractivity contribution is -0.131. The van der Waals surface area contributed by atoms with Crippen molar-refractivity contribution in [2.24, 2.45) is 17.8 Å². The molecule has 0 spiro atoms. The molecule has 0 unspecified atom stereocenters. The number of aromatic nitrogens is 1. The van der Waals surface area contributed by atoms with Gasteiger partial charge in [-0.15, -0.1) is 0 Å². The van der Waals surface area contributed by atoms with Crippen molar-refractivity contribution in [1.82, 2.24) is 14.8 Å². The van der Waals surface area contributed by atoms with Crippen LogP contribution in [0.2, 0.25) is 0 Å². The van der Waals surface area contributed by atoms with Crippen molar-refractivity contribution in [3.8, 4) is 0 Å². The van der Waals surface area contributed by atoms with Crippen LogP contribution >= 0.6 is 0 Å². The molecule has 0 aromatic carbocycles. The van der Waals surface area contributed by atoms with Crippen molar-refractivity contribution in [3.63, 3.8) is 0 Å². The fraction of sp³-hybridized carbons (Fsp3) is 0.562. The van der Waals surface area contributed by atoms with Crippen LogP contribution in [0.5, 0.6) is 0 Å². The van der Waals surface area contributed by atoms with Crippen molar-refractivity contribution in [2.45, 2.75) is 12.8 Å². The minimum atomic E-state index is 0.0216. The van der Waals surface area contributed by atoms with Gasteiger partial charge in [0, 0.05) is 50.1 Å². The lowest BCUT2D eigenvalue weighted by atomic mass is 10.0. The van der Waals surface area contributed by atoms with Gasteiger partial charge in [0.15, 0.2) is 0 Å². The first-order valence-electron chi connectivity index (χ1n) is 7.70. The number of pyridine rings is 1. The van der Waals surface area contributed by atoms with E-state index >= 15 is 0 Å². The molecule has 2 saturated heterocycles. The Morgan fingerprint density at radius 3 is 2.62 bits per heavy atom. The van der Waals surface area contributed by atoms with Gasteiger partial charge in [-0.25, -0.2) is 0 Å². The lowest BCUT2D eigenvalue weighted by Gasteiger charge is -2.21. The number of likely N-dealkylation sites (tertiary alicyclic amines) is 2. The van der Waals surface area contributed by atoms with E-state index in [2.05, 4.69) is 4.98 Å². The zero-order valence-corrected chi connectivity index (χ0v) is 11.9. The molecule has 3 fully saturated rings. The third kappa shape index (κ3) is 2.30. The summed E-state index contributed by atoms with van der Waals surface area (Å²) in [5, 5.41) is 0. The summed E-state index contributed by atoms with van der Waals surface area (Å²) in [7, 11) is 0. The van der Waals surface area contributed by atoms with E-state index in [9.17, 15) is 9.59 Å². The molecule has 1 aromatic heterocycles. The molecule has 5 heteroatoms. The molecule has 2 amide bonds. The Morgan fingerprint density at radius 1 is 1.19 bits per heavy atom. The number of carbonyl (C=O) groups is 2. The minimum Gasteiger partial charge on any atom is -0.342 e. The van der Waals surface area contributed by atoms with Gasteiger partial charge in [0.05, 0.1) is 5.92 Å². The molecular formula is C16H19N3O2. The number of nitrogens with zero attached hydrogens (tertiary/aromatic N) is 3. The molecule has 110 valence electrons. The summed E-state index contributed by atoms with van der Waals surface area (Å²) in [5.41, 5.74) is 0.659. The summed E-state index contributed by atoms with van der Waals surface area (Å²) < 4.78 is 0. The van der Waals surface area contributed by atoms with Crippen molar-refractivity contribution in [2.75, 3.05) is 26.2 Å². The zero-order chi connectivity index (χ0) is 14.4. The van der Waals surface area contributed by atoms with Gasteiger partial charge >= 0.3 is 0 Å². The number of hydrogen-bond donors (Lipinski definition) is 0. The molecule has 0 N–H and O–H groups in total. The summed E-state index contributed by atoms with van der Waals surface area (Å²) in [4.78, 5) is 32.7.